The lowest BCUT2D eigenvalue weighted by Crippen LogP contribution is -2.38. The zero-order valence-corrected chi connectivity index (χ0v) is 17.3. The van der Waals surface area contributed by atoms with Crippen molar-refractivity contribution in [1.82, 2.24) is 0 Å². The molecule has 3 rings (SSSR count). The van der Waals surface area contributed by atoms with Crippen LogP contribution >= 0.6 is 0 Å². The number of halogens is 6. The van der Waals surface area contributed by atoms with Crippen molar-refractivity contribution in [2.75, 3.05) is 13.2 Å². The first-order valence-corrected chi connectivity index (χ1v) is 10.2. The fourth-order valence-corrected chi connectivity index (χ4v) is 4.01. The van der Waals surface area contributed by atoms with E-state index >= 15 is 0 Å². The van der Waals surface area contributed by atoms with Gasteiger partial charge < -0.3 is 14.6 Å². The van der Waals surface area contributed by atoms with Gasteiger partial charge in [0.05, 0.1) is 24.3 Å². The molecule has 33 heavy (non-hydrogen) atoms. The molecule has 180 valence electrons. The second kappa shape index (κ2) is 10.1. The van der Waals surface area contributed by atoms with Gasteiger partial charge in [0.15, 0.2) is 6.29 Å². The average molecular weight is 476 g/mol. The zero-order chi connectivity index (χ0) is 24.2. The van der Waals surface area contributed by atoms with Crippen LogP contribution in [0.5, 0.6) is 0 Å². The minimum atomic E-state index is -4.92. The van der Waals surface area contributed by atoms with Crippen LogP contribution in [-0.4, -0.2) is 30.6 Å². The highest BCUT2D eigenvalue weighted by molar-refractivity contribution is 5.67. The van der Waals surface area contributed by atoms with Crippen LogP contribution < -0.4 is 0 Å². The van der Waals surface area contributed by atoms with Crippen LogP contribution in [0.3, 0.4) is 0 Å². The molecular weight excluding hydrogens is 454 g/mol. The van der Waals surface area contributed by atoms with E-state index in [1.54, 1.807) is 30.3 Å². The Morgan fingerprint density at radius 1 is 1.00 bits per heavy atom. The number of rotatable bonds is 7. The van der Waals surface area contributed by atoms with Crippen LogP contribution in [-0.2, 0) is 33.0 Å². The number of alkyl halides is 6. The fraction of sp³-hybridized carbons (Fsp3) is 0.435. The summed E-state index contributed by atoms with van der Waals surface area (Å²) in [6, 6.07) is 10.4. The van der Waals surface area contributed by atoms with Gasteiger partial charge >= 0.3 is 18.3 Å². The number of aliphatic carboxylic acids is 1. The number of hydrogen-bond acceptors (Lipinski definition) is 3. The van der Waals surface area contributed by atoms with Gasteiger partial charge in [-0.15, -0.1) is 0 Å². The SMILES string of the molecule is O=C(O)C[C@H]1CCO[C@H](OCCc2cc(C(F)(F)F)cc(C(F)(F)F)c2)[C@@H]1c1ccccc1. The Kier molecular flexibility index (Phi) is 7.69. The second-order valence-electron chi connectivity index (χ2n) is 7.86. The highest BCUT2D eigenvalue weighted by Gasteiger charge is 2.38. The Morgan fingerprint density at radius 3 is 2.15 bits per heavy atom. The lowest BCUT2D eigenvalue weighted by atomic mass is 9.80. The Morgan fingerprint density at radius 2 is 1.61 bits per heavy atom. The molecule has 0 spiro atoms. The molecule has 3 atom stereocenters. The quantitative estimate of drug-likeness (QED) is 0.506. The highest BCUT2D eigenvalue weighted by Crippen LogP contribution is 2.39. The highest BCUT2D eigenvalue weighted by atomic mass is 19.4. The monoisotopic (exact) mass is 476 g/mol. The van der Waals surface area contributed by atoms with E-state index in [0.29, 0.717) is 18.6 Å². The van der Waals surface area contributed by atoms with Gasteiger partial charge in [-0.25, -0.2) is 0 Å². The van der Waals surface area contributed by atoms with Gasteiger partial charge in [0, 0.05) is 12.3 Å². The van der Waals surface area contributed by atoms with Gasteiger partial charge in [0.25, 0.3) is 0 Å². The first kappa shape index (κ1) is 25.0. The largest absolute Gasteiger partial charge is 0.481 e. The van der Waals surface area contributed by atoms with E-state index in [-0.39, 0.29) is 43.6 Å². The molecule has 10 heteroatoms. The summed E-state index contributed by atoms with van der Waals surface area (Å²) in [5, 5.41) is 9.26. The van der Waals surface area contributed by atoms with Gasteiger partial charge in [-0.1, -0.05) is 30.3 Å². The van der Waals surface area contributed by atoms with E-state index in [9.17, 15) is 36.2 Å². The van der Waals surface area contributed by atoms with Crippen LogP contribution in [0.15, 0.2) is 48.5 Å². The van der Waals surface area contributed by atoms with Crippen molar-refractivity contribution < 1.29 is 45.7 Å². The van der Waals surface area contributed by atoms with Crippen molar-refractivity contribution in [3.8, 4) is 0 Å². The Bertz CT molecular complexity index is 910. The van der Waals surface area contributed by atoms with E-state index < -0.39 is 41.7 Å². The first-order valence-electron chi connectivity index (χ1n) is 10.2. The summed E-state index contributed by atoms with van der Waals surface area (Å²) in [6.45, 7) is 0.0279. The number of benzene rings is 2. The lowest BCUT2D eigenvalue weighted by Gasteiger charge is -2.37. The number of carbonyl (C=O) groups is 1. The van der Waals surface area contributed by atoms with E-state index in [0.717, 1.165) is 5.56 Å². The summed E-state index contributed by atoms with van der Waals surface area (Å²) in [7, 11) is 0. The predicted octanol–water partition coefficient (Wildman–Crippen LogP) is 5.90. The van der Waals surface area contributed by atoms with Crippen molar-refractivity contribution >= 4 is 5.97 Å². The molecule has 0 aliphatic carbocycles. The minimum absolute atomic E-state index is 0.0799. The van der Waals surface area contributed by atoms with E-state index in [1.807, 2.05) is 0 Å². The Labute approximate surface area is 186 Å². The first-order chi connectivity index (χ1) is 15.4. The van der Waals surface area contributed by atoms with Crippen LogP contribution in [0.1, 0.15) is 41.0 Å². The van der Waals surface area contributed by atoms with Crippen molar-refractivity contribution in [1.29, 1.82) is 0 Å². The van der Waals surface area contributed by atoms with Gasteiger partial charge in [0.1, 0.15) is 0 Å². The Hall–Kier alpha value is -2.59. The molecule has 1 heterocycles. The van der Waals surface area contributed by atoms with Crippen molar-refractivity contribution in [3.63, 3.8) is 0 Å². The van der Waals surface area contributed by atoms with Crippen LogP contribution in [0, 0.1) is 5.92 Å². The summed E-state index contributed by atoms with van der Waals surface area (Å²) >= 11 is 0. The number of hydrogen-bond donors (Lipinski definition) is 1. The van der Waals surface area contributed by atoms with Gasteiger partial charge in [-0.05, 0) is 48.1 Å². The Balaban J connectivity index is 1.77. The summed E-state index contributed by atoms with van der Waals surface area (Å²) in [5.74, 6) is -1.72. The molecule has 0 saturated carbocycles. The molecule has 0 amide bonds. The zero-order valence-electron chi connectivity index (χ0n) is 17.3. The third kappa shape index (κ3) is 6.70. The van der Waals surface area contributed by atoms with Crippen molar-refractivity contribution in [3.05, 3.63) is 70.8 Å². The third-order valence-corrected chi connectivity index (χ3v) is 5.51. The molecule has 1 aliphatic heterocycles. The average Bonchev–Trinajstić information content (AvgIpc) is 2.73. The molecule has 0 bridgehead atoms. The van der Waals surface area contributed by atoms with Crippen LogP contribution in [0.2, 0.25) is 0 Å². The standard InChI is InChI=1S/C23H22F6O4/c24-22(25,26)17-10-14(11-18(13-17)23(27,28)29)6-8-32-21-20(15-4-2-1-3-5-15)16(7-9-33-21)12-19(30)31/h1-5,10-11,13,16,20-21H,6-9,12H2,(H,30,31)/t16-,20-,21+/m1/s1. The summed E-state index contributed by atoms with van der Waals surface area (Å²) in [6.07, 6.45) is -10.6. The van der Waals surface area contributed by atoms with Gasteiger partial charge in [0.2, 0.25) is 0 Å². The molecule has 0 unspecified atom stereocenters. The summed E-state index contributed by atoms with van der Waals surface area (Å²) < 4.78 is 89.8. The normalized spacial score (nSPS) is 21.7. The van der Waals surface area contributed by atoms with Crippen LogP contribution in [0.4, 0.5) is 26.3 Å². The van der Waals surface area contributed by atoms with E-state index in [2.05, 4.69) is 0 Å². The molecule has 4 nitrogen and oxygen atoms in total. The number of carboxylic acids is 1. The second-order valence-corrected chi connectivity index (χ2v) is 7.86. The molecule has 0 aromatic heterocycles. The number of ether oxygens (including phenoxy) is 2. The maximum Gasteiger partial charge on any atom is 0.416 e. The minimum Gasteiger partial charge on any atom is -0.481 e. The fourth-order valence-electron chi connectivity index (χ4n) is 4.01. The summed E-state index contributed by atoms with van der Waals surface area (Å²) in [4.78, 5) is 11.3. The molecule has 1 fully saturated rings. The molecule has 2 aromatic rings. The van der Waals surface area contributed by atoms with Crippen molar-refractivity contribution in [2.24, 2.45) is 5.92 Å². The smallest absolute Gasteiger partial charge is 0.416 e. The third-order valence-electron chi connectivity index (χ3n) is 5.51. The number of carboxylic acid groups (broad SMARTS) is 1. The van der Waals surface area contributed by atoms with E-state index in [4.69, 9.17) is 9.47 Å². The maximum absolute atomic E-state index is 13.1. The van der Waals surface area contributed by atoms with Crippen LogP contribution in [0.25, 0.3) is 0 Å². The molecule has 2 aromatic carbocycles. The lowest BCUT2D eigenvalue weighted by molar-refractivity contribution is -0.189. The molecule has 1 saturated heterocycles. The van der Waals surface area contributed by atoms with E-state index in [1.165, 1.54) is 0 Å². The molecule has 0 radical (unpaired) electrons. The topological polar surface area (TPSA) is 55.8 Å². The predicted molar refractivity (Wildman–Crippen MR) is 105 cm³/mol. The molecule has 1 N–H and O–H groups in total. The maximum atomic E-state index is 13.1. The van der Waals surface area contributed by atoms with Gasteiger partial charge in [-0.3, -0.25) is 4.79 Å². The van der Waals surface area contributed by atoms with Crippen molar-refractivity contribution in [2.45, 2.75) is 43.8 Å². The van der Waals surface area contributed by atoms with Gasteiger partial charge in [-0.2, -0.15) is 26.3 Å². The summed E-state index contributed by atoms with van der Waals surface area (Å²) in [5.41, 5.74) is -2.16. The molecule has 1 aliphatic rings. The molecular formula is C23H22F6O4.